The summed E-state index contributed by atoms with van der Waals surface area (Å²) in [6.45, 7) is 12.0. The summed E-state index contributed by atoms with van der Waals surface area (Å²) < 4.78 is 0. The lowest BCUT2D eigenvalue weighted by molar-refractivity contribution is 0.251. The Bertz CT molecular complexity index is 651. The van der Waals surface area contributed by atoms with Crippen LogP contribution in [0.15, 0.2) is 73.0 Å². The standard InChI is InChI=1S/C25H37N3/c1-4-7-8-9-10-14-21-28(25-15-12-11-13-16-25)26-22-23-17-19-24(20-18-23)27(5-2)6-3/h4,8-10,14-15,17-20,26H,1,5-7,11-13,16,21-22H2,2-3H3/b9-8-,14-10-. The van der Waals surface area contributed by atoms with Crippen molar-refractivity contribution in [1.29, 1.82) is 0 Å². The van der Waals surface area contributed by atoms with E-state index in [0.29, 0.717) is 0 Å². The second kappa shape index (κ2) is 13.0. The molecule has 0 heterocycles. The van der Waals surface area contributed by atoms with Gasteiger partial charge in [0.05, 0.1) is 6.54 Å². The van der Waals surface area contributed by atoms with Crippen LogP contribution in [0.5, 0.6) is 0 Å². The molecule has 0 radical (unpaired) electrons. The van der Waals surface area contributed by atoms with E-state index in [1.165, 1.54) is 36.2 Å². The number of nitrogens with one attached hydrogen (secondary N) is 1. The molecule has 0 saturated carbocycles. The van der Waals surface area contributed by atoms with Crippen molar-refractivity contribution >= 4 is 5.69 Å². The fourth-order valence-corrected chi connectivity index (χ4v) is 3.45. The minimum atomic E-state index is 0.843. The maximum Gasteiger partial charge on any atom is 0.0524 e. The van der Waals surface area contributed by atoms with Crippen molar-refractivity contribution < 1.29 is 0 Å². The van der Waals surface area contributed by atoms with Gasteiger partial charge in [-0.2, -0.15) is 0 Å². The van der Waals surface area contributed by atoms with Gasteiger partial charge in [0.25, 0.3) is 0 Å². The van der Waals surface area contributed by atoms with Crippen molar-refractivity contribution in [2.75, 3.05) is 24.5 Å². The molecule has 1 aliphatic carbocycles. The molecule has 1 aliphatic rings. The number of hydrazine groups is 1. The number of nitrogens with zero attached hydrogens (tertiary/aromatic N) is 2. The van der Waals surface area contributed by atoms with E-state index in [2.05, 4.69) is 90.4 Å². The van der Waals surface area contributed by atoms with E-state index in [0.717, 1.165) is 39.0 Å². The zero-order valence-electron chi connectivity index (χ0n) is 17.7. The fraction of sp³-hybridized carbons (Fsp3) is 0.440. The zero-order valence-corrected chi connectivity index (χ0v) is 17.7. The van der Waals surface area contributed by atoms with Crippen LogP contribution < -0.4 is 10.3 Å². The summed E-state index contributed by atoms with van der Waals surface area (Å²) in [4.78, 5) is 2.38. The summed E-state index contributed by atoms with van der Waals surface area (Å²) in [5, 5.41) is 2.31. The number of benzene rings is 1. The van der Waals surface area contributed by atoms with E-state index in [1.54, 1.807) is 0 Å². The Morgan fingerprint density at radius 3 is 2.43 bits per heavy atom. The normalized spacial score (nSPS) is 14.4. The van der Waals surface area contributed by atoms with Gasteiger partial charge in [0.2, 0.25) is 0 Å². The first-order valence-corrected chi connectivity index (χ1v) is 10.7. The van der Waals surface area contributed by atoms with E-state index in [1.807, 2.05) is 6.08 Å². The molecule has 0 saturated heterocycles. The molecule has 0 bridgehead atoms. The van der Waals surface area contributed by atoms with Crippen molar-refractivity contribution in [2.45, 2.75) is 52.5 Å². The van der Waals surface area contributed by atoms with Gasteiger partial charge in [-0.1, -0.05) is 48.6 Å². The number of hydrogen-bond donors (Lipinski definition) is 1. The van der Waals surface area contributed by atoms with Crippen molar-refractivity contribution in [3.8, 4) is 0 Å². The van der Waals surface area contributed by atoms with Gasteiger partial charge in [0, 0.05) is 31.0 Å². The maximum absolute atomic E-state index is 3.74. The highest BCUT2D eigenvalue weighted by atomic mass is 15.5. The average Bonchev–Trinajstić information content (AvgIpc) is 2.75. The van der Waals surface area contributed by atoms with Crippen LogP contribution >= 0.6 is 0 Å². The zero-order chi connectivity index (χ0) is 20.0. The molecule has 1 aromatic carbocycles. The first-order chi connectivity index (χ1) is 13.8. The summed E-state index contributed by atoms with van der Waals surface area (Å²) in [7, 11) is 0. The lowest BCUT2D eigenvalue weighted by Crippen LogP contribution is -2.37. The van der Waals surface area contributed by atoms with Gasteiger partial charge >= 0.3 is 0 Å². The Morgan fingerprint density at radius 1 is 1.04 bits per heavy atom. The topological polar surface area (TPSA) is 18.5 Å². The minimum Gasteiger partial charge on any atom is -0.372 e. The van der Waals surface area contributed by atoms with E-state index in [4.69, 9.17) is 0 Å². The molecule has 1 aromatic rings. The molecule has 1 N–H and O–H groups in total. The summed E-state index contributed by atoms with van der Waals surface area (Å²) in [5.41, 5.74) is 7.68. The predicted octanol–water partition coefficient (Wildman–Crippen LogP) is 5.99. The second-order valence-corrected chi connectivity index (χ2v) is 7.11. The smallest absolute Gasteiger partial charge is 0.0524 e. The van der Waals surface area contributed by atoms with Gasteiger partial charge in [0.15, 0.2) is 0 Å². The molecule has 3 heteroatoms. The van der Waals surface area contributed by atoms with E-state index >= 15 is 0 Å². The molecule has 2 rings (SSSR count). The van der Waals surface area contributed by atoms with Crippen LogP contribution in [-0.2, 0) is 6.54 Å². The van der Waals surface area contributed by atoms with E-state index in [9.17, 15) is 0 Å². The number of rotatable bonds is 12. The highest BCUT2D eigenvalue weighted by molar-refractivity contribution is 5.47. The minimum absolute atomic E-state index is 0.843. The van der Waals surface area contributed by atoms with Crippen molar-refractivity contribution in [1.82, 2.24) is 10.4 Å². The molecule has 0 atom stereocenters. The van der Waals surface area contributed by atoms with Crippen LogP contribution in [0.4, 0.5) is 5.69 Å². The van der Waals surface area contributed by atoms with Crippen LogP contribution in [0.1, 0.15) is 51.5 Å². The lowest BCUT2D eigenvalue weighted by atomic mass is 10.0. The first kappa shape index (κ1) is 22.0. The Labute approximate surface area is 172 Å². The van der Waals surface area contributed by atoms with Crippen molar-refractivity contribution in [3.63, 3.8) is 0 Å². The van der Waals surface area contributed by atoms with E-state index in [-0.39, 0.29) is 0 Å². The van der Waals surface area contributed by atoms with Crippen molar-refractivity contribution in [3.05, 3.63) is 78.6 Å². The molecule has 0 amide bonds. The summed E-state index contributed by atoms with van der Waals surface area (Å²) in [6, 6.07) is 8.95. The van der Waals surface area contributed by atoms with Crippen LogP contribution in [0.3, 0.4) is 0 Å². The third kappa shape index (κ3) is 7.40. The highest BCUT2D eigenvalue weighted by Gasteiger charge is 2.11. The molecule has 0 aromatic heterocycles. The highest BCUT2D eigenvalue weighted by Crippen LogP contribution is 2.20. The molecule has 0 fully saturated rings. The number of hydrogen-bond acceptors (Lipinski definition) is 3. The fourth-order valence-electron chi connectivity index (χ4n) is 3.45. The number of allylic oxidation sites excluding steroid dienone is 6. The van der Waals surface area contributed by atoms with Gasteiger partial charge in [0.1, 0.15) is 0 Å². The Balaban J connectivity index is 1.95. The first-order valence-electron chi connectivity index (χ1n) is 10.7. The van der Waals surface area contributed by atoms with Gasteiger partial charge < -0.3 is 9.91 Å². The maximum atomic E-state index is 3.74. The third-order valence-electron chi connectivity index (χ3n) is 5.13. The molecule has 28 heavy (non-hydrogen) atoms. The SMILES string of the molecule is C=CC/C=C\C=C/CN(NCc1ccc(N(CC)CC)cc1)C1=CCCCC1. The van der Waals surface area contributed by atoms with Crippen molar-refractivity contribution in [2.24, 2.45) is 0 Å². The van der Waals surface area contributed by atoms with Crippen LogP contribution in [-0.4, -0.2) is 24.6 Å². The monoisotopic (exact) mass is 379 g/mol. The predicted molar refractivity (Wildman–Crippen MR) is 123 cm³/mol. The second-order valence-electron chi connectivity index (χ2n) is 7.11. The van der Waals surface area contributed by atoms with Crippen LogP contribution in [0.25, 0.3) is 0 Å². The van der Waals surface area contributed by atoms with E-state index < -0.39 is 0 Å². The van der Waals surface area contributed by atoms with Crippen LogP contribution in [0, 0.1) is 0 Å². The third-order valence-corrected chi connectivity index (χ3v) is 5.13. The largest absolute Gasteiger partial charge is 0.372 e. The summed E-state index contributed by atoms with van der Waals surface area (Å²) in [5.74, 6) is 0. The van der Waals surface area contributed by atoms with Gasteiger partial charge in [-0.3, -0.25) is 0 Å². The lowest BCUT2D eigenvalue weighted by Gasteiger charge is -2.29. The number of anilines is 1. The average molecular weight is 380 g/mol. The summed E-state index contributed by atoms with van der Waals surface area (Å²) in [6.07, 6.45) is 18.7. The van der Waals surface area contributed by atoms with Gasteiger partial charge in [-0.05, 0) is 63.6 Å². The van der Waals surface area contributed by atoms with Gasteiger partial charge in [-0.25, -0.2) is 5.43 Å². The Hall–Kier alpha value is -2.26. The molecule has 152 valence electrons. The quantitative estimate of drug-likeness (QED) is 0.273. The molecule has 0 unspecified atom stereocenters. The Kier molecular flexibility index (Phi) is 10.2. The van der Waals surface area contributed by atoms with Gasteiger partial charge in [-0.15, -0.1) is 6.58 Å². The van der Waals surface area contributed by atoms with Crippen LogP contribution in [0.2, 0.25) is 0 Å². The summed E-state index contributed by atoms with van der Waals surface area (Å²) >= 11 is 0. The molecule has 3 nitrogen and oxygen atoms in total. The molecule has 0 aliphatic heterocycles. The molecular formula is C25H37N3. The molecular weight excluding hydrogens is 342 g/mol. The molecule has 0 spiro atoms. The Morgan fingerprint density at radius 2 is 1.79 bits per heavy atom.